The van der Waals surface area contributed by atoms with E-state index in [0.29, 0.717) is 6.04 Å². The minimum atomic E-state index is -3.24. The molecule has 1 aliphatic heterocycles. The van der Waals surface area contributed by atoms with Crippen molar-refractivity contribution in [1.82, 2.24) is 9.62 Å². The number of nitrogens with zero attached hydrogens (tertiary/aromatic N) is 1. The van der Waals surface area contributed by atoms with Crippen LogP contribution in [0.1, 0.15) is 26.7 Å². The summed E-state index contributed by atoms with van der Waals surface area (Å²) in [6.45, 7) is 4.86. The molecule has 1 rings (SSSR count). The standard InChI is InChI=1S/C10H23N3O2S/c1-8-6-10(4-5-13(8)3)12-16(14,15)9(2)7-11/h8-10,12H,4-7,11H2,1-3H3. The summed E-state index contributed by atoms with van der Waals surface area (Å²) in [5, 5.41) is -0.512. The van der Waals surface area contributed by atoms with Crippen molar-refractivity contribution in [2.24, 2.45) is 5.73 Å². The van der Waals surface area contributed by atoms with Gasteiger partial charge in [-0.05, 0) is 40.3 Å². The SMILES string of the molecule is CC1CC(NS(=O)(=O)C(C)CN)CCN1C. The second-order valence-corrected chi connectivity index (χ2v) is 6.89. The van der Waals surface area contributed by atoms with Gasteiger partial charge in [-0.25, -0.2) is 13.1 Å². The zero-order valence-electron chi connectivity index (χ0n) is 10.3. The van der Waals surface area contributed by atoms with Crippen LogP contribution in [0.3, 0.4) is 0 Å². The lowest BCUT2D eigenvalue weighted by Gasteiger charge is -2.35. The molecular weight excluding hydrogens is 226 g/mol. The molecule has 0 bridgehead atoms. The molecule has 3 N–H and O–H groups in total. The lowest BCUT2D eigenvalue weighted by molar-refractivity contribution is 0.178. The summed E-state index contributed by atoms with van der Waals surface area (Å²) >= 11 is 0. The van der Waals surface area contributed by atoms with E-state index in [0.717, 1.165) is 19.4 Å². The number of rotatable bonds is 4. The Morgan fingerprint density at radius 2 is 2.19 bits per heavy atom. The first-order chi connectivity index (χ1) is 7.36. The maximum Gasteiger partial charge on any atom is 0.215 e. The zero-order chi connectivity index (χ0) is 12.3. The molecule has 5 nitrogen and oxygen atoms in total. The zero-order valence-corrected chi connectivity index (χ0v) is 11.1. The average molecular weight is 249 g/mol. The van der Waals surface area contributed by atoms with Crippen molar-refractivity contribution >= 4 is 10.0 Å². The van der Waals surface area contributed by atoms with Crippen molar-refractivity contribution in [2.45, 2.75) is 44.0 Å². The molecule has 1 heterocycles. The molecule has 3 unspecified atom stereocenters. The predicted octanol–water partition coefficient (Wildman–Crippen LogP) is -0.264. The summed E-state index contributed by atoms with van der Waals surface area (Å²) in [4.78, 5) is 2.25. The van der Waals surface area contributed by atoms with Gasteiger partial charge in [0.25, 0.3) is 0 Å². The third-order valence-electron chi connectivity index (χ3n) is 3.40. The van der Waals surface area contributed by atoms with E-state index < -0.39 is 15.3 Å². The van der Waals surface area contributed by atoms with Gasteiger partial charge in [-0.2, -0.15) is 0 Å². The monoisotopic (exact) mass is 249 g/mol. The summed E-state index contributed by atoms with van der Waals surface area (Å²) in [5.74, 6) is 0. The Labute approximate surface area is 98.4 Å². The summed E-state index contributed by atoms with van der Waals surface area (Å²) in [6.07, 6.45) is 1.74. The van der Waals surface area contributed by atoms with E-state index in [1.807, 2.05) is 0 Å². The smallest absolute Gasteiger partial charge is 0.215 e. The van der Waals surface area contributed by atoms with Gasteiger partial charge in [-0.3, -0.25) is 0 Å². The van der Waals surface area contributed by atoms with Crippen LogP contribution < -0.4 is 10.5 Å². The number of nitrogens with two attached hydrogens (primary N) is 1. The van der Waals surface area contributed by atoms with Crippen molar-refractivity contribution in [3.63, 3.8) is 0 Å². The highest BCUT2D eigenvalue weighted by Gasteiger charge is 2.28. The van der Waals surface area contributed by atoms with Crippen molar-refractivity contribution in [1.29, 1.82) is 0 Å². The van der Waals surface area contributed by atoms with Crippen LogP contribution in [0.4, 0.5) is 0 Å². The minimum absolute atomic E-state index is 0.0604. The van der Waals surface area contributed by atoms with E-state index in [1.165, 1.54) is 0 Å². The Kier molecular flexibility index (Phi) is 4.73. The van der Waals surface area contributed by atoms with Crippen molar-refractivity contribution < 1.29 is 8.42 Å². The molecule has 0 aromatic rings. The topological polar surface area (TPSA) is 75.4 Å². The Hall–Kier alpha value is -0.170. The average Bonchev–Trinajstić information content (AvgIpc) is 2.22. The van der Waals surface area contributed by atoms with Crippen LogP contribution in [0.15, 0.2) is 0 Å². The molecular formula is C10H23N3O2S. The lowest BCUT2D eigenvalue weighted by atomic mass is 10.0. The molecule has 0 aromatic carbocycles. The van der Waals surface area contributed by atoms with Gasteiger partial charge in [0, 0.05) is 18.6 Å². The van der Waals surface area contributed by atoms with Crippen LogP contribution in [0.25, 0.3) is 0 Å². The fraction of sp³-hybridized carbons (Fsp3) is 1.00. The van der Waals surface area contributed by atoms with E-state index in [4.69, 9.17) is 5.73 Å². The van der Waals surface area contributed by atoms with Crippen LogP contribution in [-0.2, 0) is 10.0 Å². The predicted molar refractivity (Wildman–Crippen MR) is 65.7 cm³/mol. The fourth-order valence-corrected chi connectivity index (χ4v) is 3.04. The quantitative estimate of drug-likeness (QED) is 0.719. The number of piperidine rings is 1. The number of likely N-dealkylation sites (tertiary alicyclic amines) is 1. The van der Waals surface area contributed by atoms with Crippen LogP contribution in [0.2, 0.25) is 0 Å². The van der Waals surface area contributed by atoms with Gasteiger partial charge in [-0.1, -0.05) is 0 Å². The van der Waals surface area contributed by atoms with Crippen molar-refractivity contribution in [3.05, 3.63) is 0 Å². The van der Waals surface area contributed by atoms with Crippen molar-refractivity contribution in [2.75, 3.05) is 20.1 Å². The first kappa shape index (κ1) is 13.9. The molecule has 96 valence electrons. The second-order valence-electron chi connectivity index (χ2n) is 4.76. The van der Waals surface area contributed by atoms with Crippen LogP contribution in [-0.4, -0.2) is 50.8 Å². The van der Waals surface area contributed by atoms with Crippen LogP contribution in [0, 0.1) is 0 Å². The molecule has 1 fully saturated rings. The molecule has 1 aliphatic rings. The largest absolute Gasteiger partial charge is 0.329 e. The highest BCUT2D eigenvalue weighted by atomic mass is 32.2. The molecule has 16 heavy (non-hydrogen) atoms. The molecule has 0 amide bonds. The summed E-state index contributed by atoms with van der Waals surface area (Å²) in [7, 11) is -1.18. The number of hydrogen-bond donors (Lipinski definition) is 2. The van der Waals surface area contributed by atoms with Crippen molar-refractivity contribution in [3.8, 4) is 0 Å². The Balaban J connectivity index is 2.55. The number of sulfonamides is 1. The van der Waals surface area contributed by atoms with Gasteiger partial charge in [-0.15, -0.1) is 0 Å². The first-order valence-corrected chi connectivity index (χ1v) is 7.33. The summed E-state index contributed by atoms with van der Waals surface area (Å²) < 4.78 is 26.4. The molecule has 0 radical (unpaired) electrons. The molecule has 0 saturated carbocycles. The molecule has 0 spiro atoms. The van der Waals surface area contributed by atoms with Gasteiger partial charge < -0.3 is 10.6 Å². The Bertz CT molecular complexity index is 318. The third kappa shape index (κ3) is 3.41. The van der Waals surface area contributed by atoms with Gasteiger partial charge >= 0.3 is 0 Å². The molecule has 0 aliphatic carbocycles. The van der Waals surface area contributed by atoms with Gasteiger partial charge in [0.05, 0.1) is 5.25 Å². The van der Waals surface area contributed by atoms with E-state index in [9.17, 15) is 8.42 Å². The number of hydrogen-bond acceptors (Lipinski definition) is 4. The van der Waals surface area contributed by atoms with E-state index in [-0.39, 0.29) is 12.6 Å². The number of nitrogens with one attached hydrogen (secondary N) is 1. The van der Waals surface area contributed by atoms with Gasteiger partial charge in [0.2, 0.25) is 10.0 Å². The fourth-order valence-electron chi connectivity index (χ4n) is 1.87. The Morgan fingerprint density at radius 3 is 2.69 bits per heavy atom. The minimum Gasteiger partial charge on any atom is -0.329 e. The molecule has 6 heteroatoms. The third-order valence-corrected chi connectivity index (χ3v) is 5.31. The van der Waals surface area contributed by atoms with Gasteiger partial charge in [0.1, 0.15) is 0 Å². The second kappa shape index (κ2) is 5.44. The van der Waals surface area contributed by atoms with E-state index >= 15 is 0 Å². The lowest BCUT2D eigenvalue weighted by Crippen LogP contribution is -2.49. The van der Waals surface area contributed by atoms with Crippen LogP contribution in [0.5, 0.6) is 0 Å². The Morgan fingerprint density at radius 1 is 1.56 bits per heavy atom. The van der Waals surface area contributed by atoms with Crippen LogP contribution >= 0.6 is 0 Å². The molecule has 0 aromatic heterocycles. The first-order valence-electron chi connectivity index (χ1n) is 5.78. The maximum absolute atomic E-state index is 11.8. The summed E-state index contributed by atoms with van der Waals surface area (Å²) in [5.41, 5.74) is 5.39. The maximum atomic E-state index is 11.8. The summed E-state index contributed by atoms with van der Waals surface area (Å²) in [6, 6.07) is 0.486. The molecule has 1 saturated heterocycles. The van der Waals surface area contributed by atoms with E-state index in [1.54, 1.807) is 6.92 Å². The van der Waals surface area contributed by atoms with Gasteiger partial charge in [0.15, 0.2) is 0 Å². The highest BCUT2D eigenvalue weighted by Crippen LogP contribution is 2.16. The highest BCUT2D eigenvalue weighted by molar-refractivity contribution is 7.90. The van der Waals surface area contributed by atoms with E-state index in [2.05, 4.69) is 23.6 Å². The molecule has 3 atom stereocenters. The normalized spacial score (nSPS) is 30.2.